The zero-order valence-corrected chi connectivity index (χ0v) is 19.3. The molecule has 3 rings (SSSR count). The van der Waals surface area contributed by atoms with Crippen LogP contribution in [0.4, 0.5) is 17.1 Å². The number of hydrogen-bond donors (Lipinski definition) is 1. The highest BCUT2D eigenvalue weighted by molar-refractivity contribution is 7.92. The third-order valence-electron chi connectivity index (χ3n) is 4.78. The smallest absolute Gasteiger partial charge is 0.269 e. The number of sulfonamides is 1. The van der Waals surface area contributed by atoms with Crippen molar-refractivity contribution in [1.29, 1.82) is 0 Å². The molecule has 3 aromatic rings. The highest BCUT2D eigenvalue weighted by Gasteiger charge is 2.27. The van der Waals surface area contributed by atoms with Gasteiger partial charge in [0.15, 0.2) is 0 Å². The van der Waals surface area contributed by atoms with Crippen LogP contribution in [0.1, 0.15) is 5.56 Å². The summed E-state index contributed by atoms with van der Waals surface area (Å²) in [7, 11) is -0.286. The molecule has 0 aliphatic rings. The molecule has 1 N–H and O–H groups in total. The van der Waals surface area contributed by atoms with E-state index in [0.717, 1.165) is 15.6 Å². The molecule has 0 unspecified atom stereocenters. The van der Waals surface area contributed by atoms with E-state index < -0.39 is 27.4 Å². The Morgan fingerprint density at radius 1 is 0.971 bits per heavy atom. The lowest BCUT2D eigenvalue weighted by atomic mass is 10.2. The van der Waals surface area contributed by atoms with Gasteiger partial charge in [-0.3, -0.25) is 19.2 Å². The number of rotatable bonds is 9. The summed E-state index contributed by atoms with van der Waals surface area (Å²) in [6.45, 7) is -0.577. The Labute approximate surface area is 197 Å². The Kier molecular flexibility index (Phi) is 7.59. The summed E-state index contributed by atoms with van der Waals surface area (Å²) in [5, 5.41) is 14.9. The van der Waals surface area contributed by atoms with Crippen molar-refractivity contribution in [3.63, 3.8) is 0 Å². The van der Waals surface area contributed by atoms with Gasteiger partial charge >= 0.3 is 0 Å². The van der Waals surface area contributed by atoms with Crippen molar-refractivity contribution in [2.75, 3.05) is 29.8 Å². The number of hydrogen-bond acceptors (Lipinski definition) is 7. The van der Waals surface area contributed by atoms with E-state index in [4.69, 9.17) is 0 Å². The van der Waals surface area contributed by atoms with Gasteiger partial charge in [-0.05, 0) is 42.0 Å². The number of nitro benzene ring substituents is 1. The van der Waals surface area contributed by atoms with Gasteiger partial charge in [-0.25, -0.2) is 13.8 Å². The van der Waals surface area contributed by atoms with Crippen LogP contribution in [0.15, 0.2) is 88.9 Å². The number of non-ortho nitro benzene ring substituents is 1. The van der Waals surface area contributed by atoms with Gasteiger partial charge in [0.25, 0.3) is 21.6 Å². The van der Waals surface area contributed by atoms with E-state index in [0.29, 0.717) is 0 Å². The molecule has 34 heavy (non-hydrogen) atoms. The number of nitrogens with zero attached hydrogens (tertiary/aromatic N) is 4. The molecule has 1 amide bonds. The first-order chi connectivity index (χ1) is 16.2. The number of carbonyl (C=O) groups excluding carboxylic acids is 1. The fourth-order valence-corrected chi connectivity index (χ4v) is 4.42. The van der Waals surface area contributed by atoms with Gasteiger partial charge in [0.2, 0.25) is 0 Å². The molecule has 0 atom stereocenters. The van der Waals surface area contributed by atoms with Crippen LogP contribution in [0.3, 0.4) is 0 Å². The number of amides is 1. The molecule has 11 heteroatoms. The molecule has 0 bridgehead atoms. The molecule has 0 aromatic heterocycles. The Hall–Kier alpha value is -4.25. The van der Waals surface area contributed by atoms with Crippen molar-refractivity contribution in [3.8, 4) is 0 Å². The summed E-state index contributed by atoms with van der Waals surface area (Å²) in [6.07, 6.45) is 1.44. The number of benzene rings is 3. The number of nitrogens with one attached hydrogen (secondary N) is 1. The molecule has 0 heterocycles. The van der Waals surface area contributed by atoms with Crippen LogP contribution in [0, 0.1) is 10.1 Å². The Bertz CT molecular complexity index is 1280. The van der Waals surface area contributed by atoms with Crippen molar-refractivity contribution in [1.82, 2.24) is 5.43 Å². The largest absolute Gasteiger partial charge is 0.378 e. The lowest BCUT2D eigenvalue weighted by Crippen LogP contribution is -2.39. The Balaban J connectivity index is 1.80. The normalized spacial score (nSPS) is 11.2. The topological polar surface area (TPSA) is 125 Å². The van der Waals surface area contributed by atoms with E-state index in [-0.39, 0.29) is 16.3 Å². The molecular weight excluding hydrogens is 458 g/mol. The Morgan fingerprint density at radius 2 is 1.56 bits per heavy atom. The summed E-state index contributed by atoms with van der Waals surface area (Å²) in [4.78, 5) is 24.9. The van der Waals surface area contributed by atoms with Crippen molar-refractivity contribution in [2.45, 2.75) is 4.90 Å². The molecule has 0 fully saturated rings. The monoisotopic (exact) mass is 481 g/mol. The van der Waals surface area contributed by atoms with Gasteiger partial charge in [-0.1, -0.05) is 30.3 Å². The van der Waals surface area contributed by atoms with Gasteiger partial charge in [-0.15, -0.1) is 0 Å². The minimum atomic E-state index is -4.13. The number of carbonyl (C=O) groups is 1. The van der Waals surface area contributed by atoms with Crippen LogP contribution >= 0.6 is 0 Å². The highest BCUT2D eigenvalue weighted by atomic mass is 32.2. The van der Waals surface area contributed by atoms with Gasteiger partial charge < -0.3 is 4.90 Å². The van der Waals surface area contributed by atoms with Crippen molar-refractivity contribution in [3.05, 3.63) is 94.5 Å². The van der Waals surface area contributed by atoms with E-state index in [2.05, 4.69) is 10.5 Å². The molecule has 0 radical (unpaired) electrons. The van der Waals surface area contributed by atoms with E-state index in [1.165, 1.54) is 42.6 Å². The van der Waals surface area contributed by atoms with E-state index in [9.17, 15) is 23.3 Å². The molecule has 0 aliphatic heterocycles. The molecular formula is C23H23N5O5S. The molecule has 0 spiro atoms. The van der Waals surface area contributed by atoms with Crippen LogP contribution in [0.25, 0.3) is 0 Å². The number of anilines is 2. The molecule has 0 aliphatic carbocycles. The SMILES string of the molecule is CN(C)c1ccc(/C=N\NC(=O)CN(c2ccc([N+](=O)[O-])cc2)S(=O)(=O)c2ccccc2)cc1. The molecule has 0 saturated carbocycles. The third kappa shape index (κ3) is 5.95. The summed E-state index contributed by atoms with van der Waals surface area (Å²) in [6, 6.07) is 20.0. The second kappa shape index (κ2) is 10.6. The maximum atomic E-state index is 13.2. The fraction of sp³-hybridized carbons (Fsp3) is 0.130. The minimum Gasteiger partial charge on any atom is -0.378 e. The zero-order chi connectivity index (χ0) is 24.7. The van der Waals surface area contributed by atoms with Gasteiger partial charge in [0, 0.05) is 31.9 Å². The summed E-state index contributed by atoms with van der Waals surface area (Å²) in [5.74, 6) is -0.681. The first-order valence-electron chi connectivity index (χ1n) is 10.1. The van der Waals surface area contributed by atoms with E-state index >= 15 is 0 Å². The van der Waals surface area contributed by atoms with Crippen molar-refractivity contribution >= 4 is 39.2 Å². The first-order valence-corrected chi connectivity index (χ1v) is 11.5. The van der Waals surface area contributed by atoms with Crippen LogP contribution in [-0.2, 0) is 14.8 Å². The maximum Gasteiger partial charge on any atom is 0.269 e. The predicted molar refractivity (Wildman–Crippen MR) is 131 cm³/mol. The van der Waals surface area contributed by atoms with Crippen LogP contribution < -0.4 is 14.6 Å². The second-order valence-corrected chi connectivity index (χ2v) is 9.24. The van der Waals surface area contributed by atoms with Crippen LogP contribution in [-0.4, -0.2) is 46.1 Å². The van der Waals surface area contributed by atoms with Gasteiger partial charge in [0.1, 0.15) is 6.54 Å². The number of nitro groups is 1. The minimum absolute atomic E-state index is 0.0226. The lowest BCUT2D eigenvalue weighted by Gasteiger charge is -2.23. The van der Waals surface area contributed by atoms with Gasteiger partial charge in [0.05, 0.1) is 21.7 Å². The summed E-state index contributed by atoms with van der Waals surface area (Å²) in [5.41, 5.74) is 3.98. The lowest BCUT2D eigenvalue weighted by molar-refractivity contribution is -0.384. The first kappa shape index (κ1) is 24.4. The zero-order valence-electron chi connectivity index (χ0n) is 18.5. The third-order valence-corrected chi connectivity index (χ3v) is 6.57. The molecule has 0 saturated heterocycles. The van der Waals surface area contributed by atoms with Crippen molar-refractivity contribution in [2.24, 2.45) is 5.10 Å². The van der Waals surface area contributed by atoms with Crippen LogP contribution in [0.5, 0.6) is 0 Å². The highest BCUT2D eigenvalue weighted by Crippen LogP contribution is 2.25. The molecule has 176 valence electrons. The molecule has 3 aromatic carbocycles. The van der Waals surface area contributed by atoms with E-state index in [1.807, 2.05) is 43.3 Å². The standard InChI is InChI=1S/C23H23N5O5S/c1-26(2)19-10-8-18(9-11-19)16-24-25-23(29)17-27(20-12-14-21(15-13-20)28(30)31)34(32,33)22-6-4-3-5-7-22/h3-16H,17H2,1-2H3,(H,25,29)/b24-16-. The van der Waals surface area contributed by atoms with E-state index in [1.54, 1.807) is 18.2 Å². The van der Waals surface area contributed by atoms with Gasteiger partial charge in [-0.2, -0.15) is 5.10 Å². The summed E-state index contributed by atoms with van der Waals surface area (Å²) < 4.78 is 27.4. The number of hydrazone groups is 1. The summed E-state index contributed by atoms with van der Waals surface area (Å²) >= 11 is 0. The Morgan fingerprint density at radius 3 is 2.12 bits per heavy atom. The van der Waals surface area contributed by atoms with Crippen LogP contribution in [0.2, 0.25) is 0 Å². The quantitative estimate of drug-likeness (QED) is 0.285. The second-order valence-electron chi connectivity index (χ2n) is 7.38. The molecule has 10 nitrogen and oxygen atoms in total. The average molecular weight is 482 g/mol. The average Bonchev–Trinajstić information content (AvgIpc) is 2.83. The maximum absolute atomic E-state index is 13.2. The van der Waals surface area contributed by atoms with Crippen molar-refractivity contribution < 1.29 is 18.1 Å². The predicted octanol–water partition coefficient (Wildman–Crippen LogP) is 3.01. The fourth-order valence-electron chi connectivity index (χ4n) is 2.98.